The number of carbonyl (C=O) groups is 4. The van der Waals surface area contributed by atoms with Crippen molar-refractivity contribution in [3.05, 3.63) is 64.7 Å². The number of rotatable bonds is 9. The van der Waals surface area contributed by atoms with Crippen LogP contribution in [-0.4, -0.2) is 50.6 Å². The molecule has 0 unspecified atom stereocenters. The molecule has 1 heterocycles. The first-order valence-electron chi connectivity index (χ1n) is 12.2. The highest BCUT2D eigenvalue weighted by molar-refractivity contribution is 6.34. The summed E-state index contributed by atoms with van der Waals surface area (Å²) in [6.45, 7) is 0.466. The molecule has 9 nitrogen and oxygen atoms in total. The summed E-state index contributed by atoms with van der Waals surface area (Å²) in [5, 5.41) is 12.0. The fraction of sp³-hybridized carbons (Fsp3) is 0.393. The number of nitrogens with zero attached hydrogens (tertiary/aromatic N) is 2. The van der Waals surface area contributed by atoms with Crippen molar-refractivity contribution in [2.24, 2.45) is 5.41 Å². The van der Waals surface area contributed by atoms with Gasteiger partial charge in [0.25, 0.3) is 11.8 Å². The third-order valence-electron chi connectivity index (χ3n) is 7.27. The molecule has 37 heavy (non-hydrogen) atoms. The van der Waals surface area contributed by atoms with Gasteiger partial charge in [-0.3, -0.25) is 14.4 Å². The molecule has 0 bridgehead atoms. The molecule has 1 aliphatic heterocycles. The van der Waals surface area contributed by atoms with E-state index in [1.54, 1.807) is 31.4 Å². The maximum Gasteiger partial charge on any atom is 0.328 e. The number of esters is 1. The summed E-state index contributed by atoms with van der Waals surface area (Å²) < 4.78 is 10.2. The van der Waals surface area contributed by atoms with Crippen LogP contribution >= 0.6 is 0 Å². The fourth-order valence-electron chi connectivity index (χ4n) is 5.15. The average molecular weight is 504 g/mol. The summed E-state index contributed by atoms with van der Waals surface area (Å²) in [6, 6.07) is 12.1. The molecule has 4 rings (SSSR count). The maximum atomic E-state index is 13.3. The van der Waals surface area contributed by atoms with E-state index in [1.165, 1.54) is 25.3 Å². The number of nitrogens with one attached hydrogen (secondary N) is 1. The zero-order chi connectivity index (χ0) is 26.6. The van der Waals surface area contributed by atoms with Gasteiger partial charge in [0.05, 0.1) is 41.0 Å². The molecule has 0 spiro atoms. The second-order valence-electron chi connectivity index (χ2n) is 9.47. The second kappa shape index (κ2) is 10.9. The number of hydrogen-bond donors (Lipinski definition) is 1. The summed E-state index contributed by atoms with van der Waals surface area (Å²) in [4.78, 5) is 52.6. The van der Waals surface area contributed by atoms with Crippen LogP contribution in [0.25, 0.3) is 0 Å². The molecular weight excluding hydrogens is 474 g/mol. The normalized spacial score (nSPS) is 16.7. The van der Waals surface area contributed by atoms with Crippen LogP contribution in [0.4, 0.5) is 5.69 Å². The summed E-state index contributed by atoms with van der Waals surface area (Å²) in [5.41, 5.74) is 1.28. The SMILES string of the molecule is COCCC1(C(=O)N[C@@H](Cc2ccc(N3C(=O)c4ccc(C#N)cc4C3=O)cc2)C(=O)OC)CCCC1. The third kappa shape index (κ3) is 5.11. The zero-order valence-electron chi connectivity index (χ0n) is 20.9. The monoisotopic (exact) mass is 503 g/mol. The van der Waals surface area contributed by atoms with Gasteiger partial charge in [0.15, 0.2) is 0 Å². The largest absolute Gasteiger partial charge is 0.467 e. The molecule has 1 fully saturated rings. The number of methoxy groups -OCH3 is 2. The Labute approximate surface area is 215 Å². The molecule has 2 aromatic rings. The first-order valence-corrected chi connectivity index (χ1v) is 12.2. The average Bonchev–Trinajstić information content (AvgIpc) is 3.50. The van der Waals surface area contributed by atoms with Crippen LogP contribution in [0.5, 0.6) is 0 Å². The van der Waals surface area contributed by atoms with Crippen molar-refractivity contribution in [1.82, 2.24) is 5.32 Å². The molecule has 1 atom stereocenters. The first-order chi connectivity index (χ1) is 17.8. The van der Waals surface area contributed by atoms with E-state index in [-0.39, 0.29) is 23.5 Å². The third-order valence-corrected chi connectivity index (χ3v) is 7.27. The predicted octanol–water partition coefficient (Wildman–Crippen LogP) is 3.16. The number of carbonyl (C=O) groups excluding carboxylic acids is 4. The molecule has 0 radical (unpaired) electrons. The molecule has 1 N–H and O–H groups in total. The standard InChI is InChI=1S/C28H29N3O6/c1-36-14-13-28(11-3-4-12-28)27(35)30-23(26(34)37-2)16-18-5-8-20(9-6-18)31-24(32)21-10-7-19(17-29)15-22(21)25(31)33/h5-10,15,23H,3-4,11-14,16H2,1-2H3,(H,30,35)/t23-/m0/s1. The van der Waals surface area contributed by atoms with E-state index in [9.17, 15) is 19.2 Å². The van der Waals surface area contributed by atoms with Gasteiger partial charge in [-0.25, -0.2) is 9.69 Å². The Kier molecular flexibility index (Phi) is 7.69. The van der Waals surface area contributed by atoms with Crippen molar-refractivity contribution in [3.63, 3.8) is 0 Å². The lowest BCUT2D eigenvalue weighted by Gasteiger charge is -2.29. The van der Waals surface area contributed by atoms with E-state index < -0.39 is 29.2 Å². The van der Waals surface area contributed by atoms with Gasteiger partial charge >= 0.3 is 5.97 Å². The van der Waals surface area contributed by atoms with Gasteiger partial charge in [0.1, 0.15) is 6.04 Å². The van der Waals surface area contributed by atoms with Crippen LogP contribution < -0.4 is 10.2 Å². The van der Waals surface area contributed by atoms with E-state index in [4.69, 9.17) is 14.7 Å². The maximum absolute atomic E-state index is 13.3. The van der Waals surface area contributed by atoms with Crippen molar-refractivity contribution in [1.29, 1.82) is 5.26 Å². The lowest BCUT2D eigenvalue weighted by Crippen LogP contribution is -2.49. The topological polar surface area (TPSA) is 126 Å². The summed E-state index contributed by atoms with van der Waals surface area (Å²) in [7, 11) is 2.88. The van der Waals surface area contributed by atoms with Gasteiger partial charge < -0.3 is 14.8 Å². The molecule has 0 aromatic heterocycles. The number of nitriles is 1. The quantitative estimate of drug-likeness (QED) is 0.411. The number of amides is 3. The van der Waals surface area contributed by atoms with E-state index >= 15 is 0 Å². The molecule has 2 aromatic carbocycles. The van der Waals surface area contributed by atoms with Crippen molar-refractivity contribution < 1.29 is 28.7 Å². The van der Waals surface area contributed by atoms with E-state index in [2.05, 4.69) is 5.32 Å². The number of ether oxygens (including phenoxy) is 2. The van der Waals surface area contributed by atoms with E-state index in [0.717, 1.165) is 36.1 Å². The Hall–Kier alpha value is -4.03. The second-order valence-corrected chi connectivity index (χ2v) is 9.47. The van der Waals surface area contributed by atoms with Crippen molar-refractivity contribution in [2.45, 2.75) is 44.6 Å². The molecule has 2 aliphatic rings. The van der Waals surface area contributed by atoms with Crippen LogP contribution in [0.15, 0.2) is 42.5 Å². The van der Waals surface area contributed by atoms with Gasteiger partial charge in [-0.1, -0.05) is 25.0 Å². The van der Waals surface area contributed by atoms with Crippen LogP contribution in [-0.2, 0) is 25.5 Å². The molecule has 3 amide bonds. The lowest BCUT2D eigenvalue weighted by atomic mass is 9.81. The number of imide groups is 1. The van der Waals surface area contributed by atoms with Crippen molar-refractivity contribution in [3.8, 4) is 6.07 Å². The summed E-state index contributed by atoms with van der Waals surface area (Å²) >= 11 is 0. The van der Waals surface area contributed by atoms with Crippen molar-refractivity contribution >= 4 is 29.4 Å². The number of anilines is 1. The Balaban J connectivity index is 1.50. The number of benzene rings is 2. The van der Waals surface area contributed by atoms with Crippen LogP contribution in [0.2, 0.25) is 0 Å². The van der Waals surface area contributed by atoms with Gasteiger partial charge in [0, 0.05) is 20.1 Å². The minimum Gasteiger partial charge on any atom is -0.467 e. The van der Waals surface area contributed by atoms with Crippen LogP contribution in [0.3, 0.4) is 0 Å². The molecule has 192 valence electrons. The van der Waals surface area contributed by atoms with Crippen LogP contribution in [0.1, 0.15) is 63.9 Å². The molecular formula is C28H29N3O6. The minimum absolute atomic E-state index is 0.170. The Morgan fingerprint density at radius 3 is 2.35 bits per heavy atom. The smallest absolute Gasteiger partial charge is 0.328 e. The number of fused-ring (bicyclic) bond motifs is 1. The van der Waals surface area contributed by atoms with E-state index in [1.807, 2.05) is 6.07 Å². The highest BCUT2D eigenvalue weighted by Gasteiger charge is 2.42. The van der Waals surface area contributed by atoms with Gasteiger partial charge in [0.2, 0.25) is 5.91 Å². The zero-order valence-corrected chi connectivity index (χ0v) is 20.9. The lowest BCUT2D eigenvalue weighted by molar-refractivity contribution is -0.146. The minimum atomic E-state index is -0.882. The fourth-order valence-corrected chi connectivity index (χ4v) is 5.15. The molecule has 0 saturated heterocycles. The molecule has 1 aliphatic carbocycles. The highest BCUT2D eigenvalue weighted by atomic mass is 16.5. The Morgan fingerprint density at radius 2 is 1.73 bits per heavy atom. The van der Waals surface area contributed by atoms with Gasteiger partial charge in [-0.15, -0.1) is 0 Å². The van der Waals surface area contributed by atoms with Gasteiger partial charge in [-0.2, -0.15) is 5.26 Å². The number of hydrogen-bond acceptors (Lipinski definition) is 7. The van der Waals surface area contributed by atoms with Gasteiger partial charge in [-0.05, 0) is 55.2 Å². The summed E-state index contributed by atoms with van der Waals surface area (Å²) in [5.74, 6) is -1.68. The Morgan fingerprint density at radius 1 is 1.05 bits per heavy atom. The van der Waals surface area contributed by atoms with Crippen molar-refractivity contribution in [2.75, 3.05) is 25.7 Å². The van der Waals surface area contributed by atoms with Crippen LogP contribution in [0, 0.1) is 16.7 Å². The summed E-state index contributed by atoms with van der Waals surface area (Å²) in [6.07, 6.45) is 4.19. The first kappa shape index (κ1) is 26.0. The van der Waals surface area contributed by atoms with E-state index in [0.29, 0.717) is 24.3 Å². The molecule has 1 saturated carbocycles. The Bertz CT molecular complexity index is 1260. The molecule has 9 heteroatoms. The predicted molar refractivity (Wildman–Crippen MR) is 134 cm³/mol. The highest BCUT2D eigenvalue weighted by Crippen LogP contribution is 2.41.